The molecule has 2 aromatic heterocycles. The van der Waals surface area contributed by atoms with E-state index in [4.69, 9.17) is 9.47 Å². The summed E-state index contributed by atoms with van der Waals surface area (Å²) in [5.74, 6) is 1.83. The minimum Gasteiger partial charge on any atom is -0.497 e. The molecular weight excluding hydrogens is 440 g/mol. The fourth-order valence-electron chi connectivity index (χ4n) is 3.36. The van der Waals surface area contributed by atoms with Crippen molar-refractivity contribution in [3.8, 4) is 34.1 Å². The van der Waals surface area contributed by atoms with Crippen molar-refractivity contribution in [2.24, 2.45) is 14.1 Å². The number of thioether (sulfide) groups is 1. The van der Waals surface area contributed by atoms with E-state index in [0.29, 0.717) is 28.2 Å². The van der Waals surface area contributed by atoms with Gasteiger partial charge in [0, 0.05) is 31.9 Å². The summed E-state index contributed by atoms with van der Waals surface area (Å²) in [6, 6.07) is 15.2. The van der Waals surface area contributed by atoms with Crippen LogP contribution in [0.15, 0.2) is 59.9 Å². The van der Waals surface area contributed by atoms with Crippen LogP contribution >= 0.6 is 11.8 Å². The molecule has 2 heterocycles. The summed E-state index contributed by atoms with van der Waals surface area (Å²) in [5.41, 5.74) is 3.24. The number of anilines is 1. The number of rotatable bonds is 8. The van der Waals surface area contributed by atoms with Crippen molar-refractivity contribution in [2.75, 3.05) is 25.3 Å². The van der Waals surface area contributed by atoms with E-state index < -0.39 is 0 Å². The molecule has 4 aromatic rings. The first-order valence-electron chi connectivity index (χ1n) is 10.1. The van der Waals surface area contributed by atoms with Gasteiger partial charge in [0.15, 0.2) is 11.0 Å². The van der Waals surface area contributed by atoms with Gasteiger partial charge in [-0.25, -0.2) is 0 Å². The number of nitrogens with zero attached hydrogens (tertiary/aromatic N) is 5. The second-order valence-corrected chi connectivity index (χ2v) is 8.14. The molecule has 0 aliphatic heterocycles. The minimum absolute atomic E-state index is 0.158. The Morgan fingerprint density at radius 1 is 1.06 bits per heavy atom. The van der Waals surface area contributed by atoms with Gasteiger partial charge in [0.2, 0.25) is 5.91 Å². The van der Waals surface area contributed by atoms with E-state index in [9.17, 15) is 4.79 Å². The molecule has 0 aliphatic carbocycles. The molecule has 170 valence electrons. The topological polar surface area (TPSA) is 96.1 Å². The lowest BCUT2D eigenvalue weighted by molar-refractivity contribution is -0.113. The zero-order chi connectivity index (χ0) is 23.4. The van der Waals surface area contributed by atoms with Crippen LogP contribution in [0.1, 0.15) is 0 Å². The van der Waals surface area contributed by atoms with E-state index in [-0.39, 0.29) is 11.7 Å². The number of hydrogen-bond acceptors (Lipinski definition) is 7. The Morgan fingerprint density at radius 2 is 1.85 bits per heavy atom. The van der Waals surface area contributed by atoms with E-state index in [2.05, 4.69) is 20.6 Å². The Bertz CT molecular complexity index is 1270. The predicted octanol–water partition coefficient (Wildman–Crippen LogP) is 3.63. The molecule has 4 rings (SSSR count). The molecule has 0 atom stereocenters. The van der Waals surface area contributed by atoms with Crippen molar-refractivity contribution in [2.45, 2.75) is 5.16 Å². The number of nitrogens with one attached hydrogen (secondary N) is 1. The monoisotopic (exact) mass is 464 g/mol. The molecule has 0 unspecified atom stereocenters. The van der Waals surface area contributed by atoms with Gasteiger partial charge in [0.05, 0.1) is 31.2 Å². The number of benzene rings is 2. The molecule has 33 heavy (non-hydrogen) atoms. The van der Waals surface area contributed by atoms with Crippen LogP contribution in [-0.4, -0.2) is 50.4 Å². The van der Waals surface area contributed by atoms with Crippen LogP contribution in [0, 0.1) is 0 Å². The molecule has 0 aliphatic rings. The van der Waals surface area contributed by atoms with Gasteiger partial charge in [0.25, 0.3) is 0 Å². The van der Waals surface area contributed by atoms with Crippen molar-refractivity contribution >= 4 is 23.4 Å². The molecule has 0 spiro atoms. The number of carbonyl (C=O) groups excluding carboxylic acids is 1. The van der Waals surface area contributed by atoms with E-state index in [0.717, 1.165) is 16.8 Å². The molecule has 2 aromatic carbocycles. The largest absolute Gasteiger partial charge is 0.497 e. The molecular formula is C23H24N6O3S. The molecule has 0 saturated carbocycles. The zero-order valence-electron chi connectivity index (χ0n) is 18.8. The lowest BCUT2D eigenvalue weighted by Gasteiger charge is -2.11. The highest BCUT2D eigenvalue weighted by molar-refractivity contribution is 7.99. The summed E-state index contributed by atoms with van der Waals surface area (Å²) in [4.78, 5) is 12.6. The first-order chi connectivity index (χ1) is 16.0. The van der Waals surface area contributed by atoms with Crippen molar-refractivity contribution in [3.63, 3.8) is 0 Å². The highest BCUT2D eigenvalue weighted by Crippen LogP contribution is 2.32. The minimum atomic E-state index is -0.192. The van der Waals surface area contributed by atoms with Crippen LogP contribution in [0.5, 0.6) is 11.5 Å². The average Bonchev–Trinajstić information content (AvgIpc) is 3.40. The van der Waals surface area contributed by atoms with Crippen LogP contribution in [0.2, 0.25) is 0 Å². The summed E-state index contributed by atoms with van der Waals surface area (Å²) in [7, 11) is 6.87. The van der Waals surface area contributed by atoms with Crippen LogP contribution in [0.3, 0.4) is 0 Å². The summed E-state index contributed by atoms with van der Waals surface area (Å²) < 4.78 is 14.2. The lowest BCUT2D eigenvalue weighted by Crippen LogP contribution is -2.15. The Balaban J connectivity index is 1.50. The van der Waals surface area contributed by atoms with Crippen molar-refractivity contribution in [1.82, 2.24) is 24.5 Å². The van der Waals surface area contributed by atoms with Gasteiger partial charge in [-0.3, -0.25) is 9.48 Å². The molecule has 0 fully saturated rings. The summed E-state index contributed by atoms with van der Waals surface area (Å²) in [6.07, 6.45) is 1.92. The van der Waals surface area contributed by atoms with Gasteiger partial charge in [-0.2, -0.15) is 5.10 Å². The third-order valence-electron chi connectivity index (χ3n) is 4.96. The van der Waals surface area contributed by atoms with Gasteiger partial charge < -0.3 is 19.4 Å². The Kier molecular flexibility index (Phi) is 6.64. The predicted molar refractivity (Wildman–Crippen MR) is 128 cm³/mol. The van der Waals surface area contributed by atoms with Gasteiger partial charge >= 0.3 is 0 Å². The van der Waals surface area contributed by atoms with E-state index in [1.807, 2.05) is 55.2 Å². The van der Waals surface area contributed by atoms with Crippen LogP contribution in [0.25, 0.3) is 22.6 Å². The number of aryl methyl sites for hydroxylation is 1. The SMILES string of the molecule is COc1ccc(OC)c(NC(=O)CSc2nnc(-c3cn(C)nc3-c3ccccc3)n2C)c1. The number of methoxy groups -OCH3 is 2. The van der Waals surface area contributed by atoms with Crippen molar-refractivity contribution in [1.29, 1.82) is 0 Å². The second-order valence-electron chi connectivity index (χ2n) is 7.20. The zero-order valence-corrected chi connectivity index (χ0v) is 19.6. The van der Waals surface area contributed by atoms with Gasteiger partial charge in [-0.1, -0.05) is 42.1 Å². The number of amides is 1. The van der Waals surface area contributed by atoms with E-state index >= 15 is 0 Å². The second kappa shape index (κ2) is 9.78. The van der Waals surface area contributed by atoms with Crippen LogP contribution in [0.4, 0.5) is 5.69 Å². The van der Waals surface area contributed by atoms with Gasteiger partial charge in [-0.15, -0.1) is 10.2 Å². The Morgan fingerprint density at radius 3 is 2.58 bits per heavy atom. The highest BCUT2D eigenvalue weighted by atomic mass is 32.2. The van der Waals surface area contributed by atoms with E-state index in [1.54, 1.807) is 37.1 Å². The number of hydrogen-bond donors (Lipinski definition) is 1. The molecule has 9 nitrogen and oxygen atoms in total. The van der Waals surface area contributed by atoms with Crippen molar-refractivity contribution < 1.29 is 14.3 Å². The number of ether oxygens (including phenoxy) is 2. The summed E-state index contributed by atoms with van der Waals surface area (Å²) >= 11 is 1.30. The molecule has 0 bridgehead atoms. The maximum atomic E-state index is 12.6. The molecule has 1 amide bonds. The Hall–Kier alpha value is -3.79. The lowest BCUT2D eigenvalue weighted by atomic mass is 10.1. The first kappa shape index (κ1) is 22.4. The fraction of sp³-hybridized carbons (Fsp3) is 0.217. The maximum absolute atomic E-state index is 12.6. The van der Waals surface area contributed by atoms with Gasteiger partial charge in [0.1, 0.15) is 17.2 Å². The molecule has 0 saturated heterocycles. The third-order valence-corrected chi connectivity index (χ3v) is 5.99. The fourth-order valence-corrected chi connectivity index (χ4v) is 4.08. The first-order valence-corrected chi connectivity index (χ1v) is 11.1. The number of carbonyl (C=O) groups is 1. The standard InChI is InChI=1S/C23H24N6O3S/c1-28-13-17(21(27-28)15-8-6-5-7-9-15)22-25-26-23(29(22)2)33-14-20(30)24-18-12-16(31-3)10-11-19(18)32-4/h5-13H,14H2,1-4H3,(H,24,30). The summed E-state index contributed by atoms with van der Waals surface area (Å²) in [5, 5.41) is 16.7. The highest BCUT2D eigenvalue weighted by Gasteiger charge is 2.19. The summed E-state index contributed by atoms with van der Waals surface area (Å²) in [6.45, 7) is 0. The molecule has 10 heteroatoms. The Labute approximate surface area is 195 Å². The average molecular weight is 465 g/mol. The quantitative estimate of drug-likeness (QED) is 0.398. The van der Waals surface area contributed by atoms with Crippen molar-refractivity contribution in [3.05, 3.63) is 54.7 Å². The maximum Gasteiger partial charge on any atom is 0.234 e. The molecule has 1 N–H and O–H groups in total. The van der Waals surface area contributed by atoms with Crippen LogP contribution in [-0.2, 0) is 18.9 Å². The normalized spacial score (nSPS) is 10.8. The molecule has 0 radical (unpaired) electrons. The van der Waals surface area contributed by atoms with E-state index in [1.165, 1.54) is 11.8 Å². The smallest absolute Gasteiger partial charge is 0.234 e. The van der Waals surface area contributed by atoms with Gasteiger partial charge in [-0.05, 0) is 12.1 Å². The van der Waals surface area contributed by atoms with Crippen LogP contribution < -0.4 is 14.8 Å². The third kappa shape index (κ3) is 4.85. The number of aromatic nitrogens is 5.